The van der Waals surface area contributed by atoms with Gasteiger partial charge < -0.3 is 20.5 Å². The van der Waals surface area contributed by atoms with E-state index < -0.39 is 5.91 Å². The lowest BCUT2D eigenvalue weighted by molar-refractivity contribution is -0.116. The van der Waals surface area contributed by atoms with Gasteiger partial charge in [0, 0.05) is 10.5 Å². The van der Waals surface area contributed by atoms with E-state index in [9.17, 15) is 9.59 Å². The Labute approximate surface area is 197 Å². The SMILES string of the molecule is C=N/C(C(N)=O)=C(/NC(=O)C1=CCC(OCc2ccccc2)C=C1)Sc1ccc(OC)cc1. The lowest BCUT2D eigenvalue weighted by Gasteiger charge is -2.18. The highest BCUT2D eigenvalue weighted by molar-refractivity contribution is 8.03. The first-order valence-electron chi connectivity index (χ1n) is 10.2. The summed E-state index contributed by atoms with van der Waals surface area (Å²) in [6.07, 6.45) is 5.78. The fourth-order valence-corrected chi connectivity index (χ4v) is 3.92. The number of hydrogen-bond acceptors (Lipinski definition) is 6. The van der Waals surface area contributed by atoms with Gasteiger partial charge in [-0.05, 0) is 43.0 Å². The number of ether oxygens (including phenoxy) is 2. The van der Waals surface area contributed by atoms with Crippen molar-refractivity contribution < 1.29 is 19.1 Å². The minimum Gasteiger partial charge on any atom is -0.497 e. The number of thioether (sulfide) groups is 1. The van der Waals surface area contributed by atoms with Crippen molar-refractivity contribution in [2.45, 2.75) is 24.0 Å². The average Bonchev–Trinajstić information content (AvgIpc) is 2.84. The third-order valence-electron chi connectivity index (χ3n) is 4.74. The lowest BCUT2D eigenvalue weighted by Crippen LogP contribution is -2.27. The summed E-state index contributed by atoms with van der Waals surface area (Å²) in [5.41, 5.74) is 6.86. The number of primary amides is 1. The van der Waals surface area contributed by atoms with Gasteiger partial charge in [0.05, 0.1) is 19.8 Å². The first kappa shape index (κ1) is 24.0. The molecule has 1 aliphatic rings. The van der Waals surface area contributed by atoms with Crippen LogP contribution in [0.3, 0.4) is 0 Å². The fraction of sp³-hybridized carbons (Fsp3) is 0.160. The summed E-state index contributed by atoms with van der Waals surface area (Å²) in [7, 11) is 1.57. The van der Waals surface area contributed by atoms with Crippen molar-refractivity contribution >= 4 is 30.3 Å². The van der Waals surface area contributed by atoms with E-state index in [1.54, 1.807) is 43.5 Å². The van der Waals surface area contributed by atoms with Crippen LogP contribution in [0.25, 0.3) is 0 Å². The second-order valence-electron chi connectivity index (χ2n) is 7.02. The topological polar surface area (TPSA) is 103 Å². The van der Waals surface area contributed by atoms with E-state index in [0.717, 1.165) is 22.2 Å². The molecule has 0 heterocycles. The number of nitrogens with two attached hydrogens (primary N) is 1. The molecule has 0 aliphatic heterocycles. The second kappa shape index (κ2) is 11.8. The van der Waals surface area contributed by atoms with Crippen LogP contribution < -0.4 is 15.8 Å². The van der Waals surface area contributed by atoms with E-state index in [1.807, 2.05) is 36.4 Å². The Kier molecular flexibility index (Phi) is 8.63. The Morgan fingerprint density at radius 1 is 1.18 bits per heavy atom. The molecule has 3 N–H and O–H groups in total. The van der Waals surface area contributed by atoms with Crippen LogP contribution in [0.4, 0.5) is 0 Å². The van der Waals surface area contributed by atoms with E-state index >= 15 is 0 Å². The van der Waals surface area contributed by atoms with Gasteiger partial charge in [-0.1, -0.05) is 60.3 Å². The lowest BCUT2D eigenvalue weighted by atomic mass is 10.0. The molecule has 170 valence electrons. The van der Waals surface area contributed by atoms with Gasteiger partial charge in [-0.15, -0.1) is 0 Å². The van der Waals surface area contributed by atoms with Crippen LogP contribution >= 0.6 is 11.8 Å². The number of carbonyl (C=O) groups excluding carboxylic acids is 2. The minimum atomic E-state index is -0.788. The molecule has 7 nitrogen and oxygen atoms in total. The van der Waals surface area contributed by atoms with Crippen molar-refractivity contribution in [3.8, 4) is 5.75 Å². The summed E-state index contributed by atoms with van der Waals surface area (Å²) in [5.74, 6) is -0.484. The molecule has 0 aromatic heterocycles. The smallest absolute Gasteiger partial charge is 0.270 e. The molecule has 0 spiro atoms. The van der Waals surface area contributed by atoms with Crippen molar-refractivity contribution in [2.75, 3.05) is 7.11 Å². The normalized spacial score (nSPS) is 15.8. The molecule has 0 saturated carbocycles. The number of rotatable bonds is 10. The molecule has 3 rings (SSSR count). The first-order chi connectivity index (χ1) is 16.0. The Hall–Kier alpha value is -3.62. The van der Waals surface area contributed by atoms with Crippen molar-refractivity contribution in [1.29, 1.82) is 0 Å². The standard InChI is InChI=1S/C25H25N3O4S/c1-27-22(23(26)29)25(33-21-14-12-19(31-2)13-15-21)28-24(30)18-8-10-20(11-9-18)32-16-17-6-4-3-5-7-17/h3-10,12-15,20H,1,11,16H2,2H3,(H2,26,29)(H,28,30)/b25-22-. The van der Waals surface area contributed by atoms with Crippen LogP contribution in [0.5, 0.6) is 5.75 Å². The third kappa shape index (κ3) is 6.93. The van der Waals surface area contributed by atoms with Crippen molar-refractivity contribution in [2.24, 2.45) is 10.7 Å². The van der Waals surface area contributed by atoms with Crippen LogP contribution in [-0.4, -0.2) is 31.7 Å². The summed E-state index contributed by atoms with van der Waals surface area (Å²) in [4.78, 5) is 29.2. The molecule has 0 radical (unpaired) electrons. The number of aliphatic imine (C=N–C) groups is 1. The van der Waals surface area contributed by atoms with Gasteiger partial charge in [0.15, 0.2) is 5.70 Å². The number of amides is 2. The van der Waals surface area contributed by atoms with Crippen LogP contribution in [-0.2, 0) is 20.9 Å². The predicted octanol–water partition coefficient (Wildman–Crippen LogP) is 3.73. The van der Waals surface area contributed by atoms with Gasteiger partial charge in [-0.2, -0.15) is 0 Å². The van der Waals surface area contributed by atoms with Crippen molar-refractivity contribution in [3.05, 3.63) is 94.7 Å². The third-order valence-corrected chi connectivity index (χ3v) is 5.75. The van der Waals surface area contributed by atoms with E-state index in [4.69, 9.17) is 15.2 Å². The van der Waals surface area contributed by atoms with Gasteiger partial charge in [-0.3, -0.25) is 14.6 Å². The zero-order valence-corrected chi connectivity index (χ0v) is 19.0. The van der Waals surface area contributed by atoms with Crippen molar-refractivity contribution in [3.63, 3.8) is 0 Å². The summed E-state index contributed by atoms with van der Waals surface area (Å²) < 4.78 is 11.0. The monoisotopic (exact) mass is 463 g/mol. The highest BCUT2D eigenvalue weighted by atomic mass is 32.2. The molecule has 1 unspecified atom stereocenters. The first-order valence-corrected chi connectivity index (χ1v) is 11.0. The zero-order valence-electron chi connectivity index (χ0n) is 18.2. The Balaban J connectivity index is 1.66. The number of hydrogen-bond donors (Lipinski definition) is 2. The van der Waals surface area contributed by atoms with Gasteiger partial charge >= 0.3 is 0 Å². The molecule has 1 aliphatic carbocycles. The summed E-state index contributed by atoms with van der Waals surface area (Å²) in [6, 6.07) is 17.0. The van der Waals surface area contributed by atoms with Gasteiger partial charge in [-0.25, -0.2) is 0 Å². The Bertz CT molecular complexity index is 1090. The molecule has 0 bridgehead atoms. The molecule has 0 fully saturated rings. The molecule has 2 aromatic rings. The molecule has 1 atom stereocenters. The molecular weight excluding hydrogens is 438 g/mol. The van der Waals surface area contributed by atoms with Crippen LogP contribution in [0.1, 0.15) is 12.0 Å². The number of methoxy groups -OCH3 is 1. The predicted molar refractivity (Wildman–Crippen MR) is 130 cm³/mol. The van der Waals surface area contributed by atoms with Gasteiger partial charge in [0.2, 0.25) is 0 Å². The Morgan fingerprint density at radius 3 is 2.48 bits per heavy atom. The zero-order chi connectivity index (χ0) is 23.6. The highest BCUT2D eigenvalue weighted by Gasteiger charge is 2.19. The van der Waals surface area contributed by atoms with E-state index in [-0.39, 0.29) is 22.7 Å². The largest absolute Gasteiger partial charge is 0.497 e. The van der Waals surface area contributed by atoms with Crippen LogP contribution in [0.15, 0.2) is 99.0 Å². The molecule has 2 aromatic carbocycles. The van der Waals surface area contributed by atoms with Gasteiger partial charge in [0.25, 0.3) is 11.8 Å². The highest BCUT2D eigenvalue weighted by Crippen LogP contribution is 2.29. The minimum absolute atomic E-state index is 0.117. The van der Waals surface area contributed by atoms with Crippen LogP contribution in [0.2, 0.25) is 0 Å². The molecule has 0 saturated heterocycles. The van der Waals surface area contributed by atoms with E-state index in [0.29, 0.717) is 24.4 Å². The quantitative estimate of drug-likeness (QED) is 0.318. The maximum atomic E-state index is 12.9. The van der Waals surface area contributed by atoms with E-state index in [1.165, 1.54) is 0 Å². The molecule has 2 amide bonds. The summed E-state index contributed by atoms with van der Waals surface area (Å²) in [6.45, 7) is 3.90. The molecule has 8 heteroatoms. The summed E-state index contributed by atoms with van der Waals surface area (Å²) in [5, 5.41) is 2.94. The number of benzene rings is 2. The maximum absolute atomic E-state index is 12.9. The fourth-order valence-electron chi connectivity index (χ4n) is 3.00. The second-order valence-corrected chi connectivity index (χ2v) is 8.10. The number of nitrogens with one attached hydrogen (secondary N) is 1. The van der Waals surface area contributed by atoms with E-state index in [2.05, 4.69) is 17.0 Å². The molecular formula is C25H25N3O4S. The summed E-state index contributed by atoms with van der Waals surface area (Å²) >= 11 is 1.15. The van der Waals surface area contributed by atoms with Crippen LogP contribution in [0, 0.1) is 0 Å². The number of carbonyl (C=O) groups is 2. The average molecular weight is 464 g/mol. The van der Waals surface area contributed by atoms with Crippen molar-refractivity contribution in [1.82, 2.24) is 5.32 Å². The maximum Gasteiger partial charge on any atom is 0.270 e. The Morgan fingerprint density at radius 2 is 1.91 bits per heavy atom. The van der Waals surface area contributed by atoms with Gasteiger partial charge in [0.1, 0.15) is 10.8 Å². The number of nitrogens with zero attached hydrogens (tertiary/aromatic N) is 1. The molecule has 33 heavy (non-hydrogen) atoms.